The van der Waals surface area contributed by atoms with E-state index in [-0.39, 0.29) is 11.9 Å². The van der Waals surface area contributed by atoms with Crippen molar-refractivity contribution in [1.29, 1.82) is 0 Å². The maximum atomic E-state index is 12.4. The summed E-state index contributed by atoms with van der Waals surface area (Å²) in [6.07, 6.45) is 6.64. The number of para-hydroxylation sites is 1. The molecule has 1 fully saturated rings. The van der Waals surface area contributed by atoms with Crippen LogP contribution in [0.3, 0.4) is 0 Å². The first-order chi connectivity index (χ1) is 9.65. The molecule has 2 atom stereocenters. The molecule has 1 aromatic rings. The lowest BCUT2D eigenvalue weighted by molar-refractivity contribution is 0.0925. The minimum Gasteiger partial charge on any atom is -0.494 e. The maximum Gasteiger partial charge on any atom is 0.255 e. The van der Waals surface area contributed by atoms with Gasteiger partial charge in [-0.25, -0.2) is 0 Å². The third kappa shape index (κ3) is 3.39. The number of nitrogens with one attached hydrogen (secondary N) is 1. The summed E-state index contributed by atoms with van der Waals surface area (Å²) >= 11 is 1.89. The molecule has 110 valence electrons. The van der Waals surface area contributed by atoms with E-state index in [1.807, 2.05) is 11.8 Å². The summed E-state index contributed by atoms with van der Waals surface area (Å²) in [7, 11) is 1.53. The summed E-state index contributed by atoms with van der Waals surface area (Å²) in [5.41, 5.74) is 6.84. The van der Waals surface area contributed by atoms with Gasteiger partial charge >= 0.3 is 0 Å². The summed E-state index contributed by atoms with van der Waals surface area (Å²) in [6, 6.07) is 5.51. The monoisotopic (exact) mass is 294 g/mol. The van der Waals surface area contributed by atoms with Crippen LogP contribution in [0.4, 0.5) is 5.69 Å². The van der Waals surface area contributed by atoms with Crippen LogP contribution < -0.4 is 15.8 Å². The van der Waals surface area contributed by atoms with Gasteiger partial charge < -0.3 is 15.8 Å². The third-order valence-corrected chi connectivity index (χ3v) is 4.88. The number of benzene rings is 1. The molecule has 5 heteroatoms. The Balaban J connectivity index is 2.07. The number of ether oxygens (including phenoxy) is 1. The molecule has 1 aliphatic rings. The highest BCUT2D eigenvalue weighted by Crippen LogP contribution is 2.29. The molecule has 4 nitrogen and oxygen atoms in total. The number of hydrogen-bond donors (Lipinski definition) is 2. The number of methoxy groups -OCH3 is 1. The Bertz CT molecular complexity index is 479. The quantitative estimate of drug-likeness (QED) is 0.838. The molecule has 0 spiro atoms. The van der Waals surface area contributed by atoms with Gasteiger partial charge in [-0.2, -0.15) is 11.8 Å². The lowest BCUT2D eigenvalue weighted by Crippen LogP contribution is -2.39. The number of anilines is 1. The van der Waals surface area contributed by atoms with Crippen molar-refractivity contribution in [2.45, 2.75) is 37.0 Å². The Hall–Kier alpha value is -1.36. The Kier molecular flexibility index (Phi) is 5.17. The van der Waals surface area contributed by atoms with Gasteiger partial charge in [-0.3, -0.25) is 4.79 Å². The van der Waals surface area contributed by atoms with Gasteiger partial charge in [0.1, 0.15) is 0 Å². The van der Waals surface area contributed by atoms with Crippen LogP contribution in [-0.2, 0) is 0 Å². The Morgan fingerprint density at radius 3 is 2.95 bits per heavy atom. The van der Waals surface area contributed by atoms with Gasteiger partial charge in [-0.05, 0) is 37.7 Å². The second kappa shape index (κ2) is 6.88. The SMILES string of the molecule is COc1c(N)cccc1C(=O)NC1CCCC(SC)C1. The molecule has 1 aliphatic carbocycles. The fourth-order valence-corrected chi connectivity index (χ4v) is 3.54. The van der Waals surface area contributed by atoms with E-state index in [9.17, 15) is 4.79 Å². The first kappa shape index (κ1) is 15.0. The van der Waals surface area contributed by atoms with Crippen LogP contribution in [-0.4, -0.2) is 30.6 Å². The van der Waals surface area contributed by atoms with E-state index in [2.05, 4.69) is 11.6 Å². The van der Waals surface area contributed by atoms with Gasteiger partial charge in [-0.15, -0.1) is 0 Å². The van der Waals surface area contributed by atoms with Gasteiger partial charge in [0.15, 0.2) is 5.75 Å². The molecule has 20 heavy (non-hydrogen) atoms. The molecule has 3 N–H and O–H groups in total. The Labute approximate surface area is 124 Å². The van der Waals surface area contributed by atoms with Crippen LogP contribution in [0.1, 0.15) is 36.0 Å². The zero-order valence-electron chi connectivity index (χ0n) is 12.0. The highest BCUT2D eigenvalue weighted by Gasteiger charge is 2.24. The molecule has 2 unspecified atom stereocenters. The van der Waals surface area contributed by atoms with Crippen molar-refractivity contribution in [3.8, 4) is 5.75 Å². The van der Waals surface area contributed by atoms with Crippen LogP contribution in [0.15, 0.2) is 18.2 Å². The summed E-state index contributed by atoms with van der Waals surface area (Å²) < 4.78 is 5.24. The summed E-state index contributed by atoms with van der Waals surface area (Å²) in [5.74, 6) is 0.364. The highest BCUT2D eigenvalue weighted by atomic mass is 32.2. The largest absolute Gasteiger partial charge is 0.494 e. The van der Waals surface area contributed by atoms with Crippen LogP contribution in [0.2, 0.25) is 0 Å². The van der Waals surface area contributed by atoms with Crippen molar-refractivity contribution in [2.75, 3.05) is 19.1 Å². The van der Waals surface area contributed by atoms with Crippen molar-refractivity contribution < 1.29 is 9.53 Å². The topological polar surface area (TPSA) is 64.3 Å². The average molecular weight is 294 g/mol. The molecule has 0 aromatic heterocycles. The van der Waals surface area contributed by atoms with Crippen molar-refractivity contribution in [1.82, 2.24) is 5.32 Å². The molecule has 1 saturated carbocycles. The lowest BCUT2D eigenvalue weighted by atomic mass is 9.94. The number of carbonyl (C=O) groups is 1. The zero-order valence-corrected chi connectivity index (χ0v) is 12.8. The van der Waals surface area contributed by atoms with Gasteiger partial charge in [0, 0.05) is 11.3 Å². The molecule has 0 bridgehead atoms. The van der Waals surface area contributed by atoms with Crippen molar-refractivity contribution in [3.63, 3.8) is 0 Å². The van der Waals surface area contributed by atoms with Crippen LogP contribution in [0, 0.1) is 0 Å². The van der Waals surface area contributed by atoms with Gasteiger partial charge in [0.2, 0.25) is 0 Å². The Morgan fingerprint density at radius 1 is 1.45 bits per heavy atom. The summed E-state index contributed by atoms with van der Waals surface area (Å²) in [5, 5.41) is 3.76. The minimum absolute atomic E-state index is 0.0964. The fourth-order valence-electron chi connectivity index (χ4n) is 2.71. The van der Waals surface area contributed by atoms with Gasteiger partial charge in [0.25, 0.3) is 5.91 Å². The molecule has 0 saturated heterocycles. The van der Waals surface area contributed by atoms with Crippen LogP contribution >= 0.6 is 11.8 Å². The summed E-state index contributed by atoms with van der Waals surface area (Å²) in [4.78, 5) is 12.4. The first-order valence-electron chi connectivity index (χ1n) is 6.91. The second-order valence-corrected chi connectivity index (χ2v) is 6.26. The fraction of sp³-hybridized carbons (Fsp3) is 0.533. The summed E-state index contributed by atoms with van der Waals surface area (Å²) in [6.45, 7) is 0. The predicted molar refractivity (Wildman–Crippen MR) is 84.4 cm³/mol. The standard InChI is InChI=1S/C15H22N2O2S/c1-19-14-12(7-4-8-13(14)16)15(18)17-10-5-3-6-11(9-10)20-2/h4,7-8,10-11H,3,5-6,9,16H2,1-2H3,(H,17,18). The number of nitrogen functional groups attached to an aromatic ring is 1. The average Bonchev–Trinajstić information content (AvgIpc) is 2.47. The van der Waals surface area contributed by atoms with Crippen molar-refractivity contribution in [3.05, 3.63) is 23.8 Å². The van der Waals surface area contributed by atoms with Crippen molar-refractivity contribution in [2.24, 2.45) is 0 Å². The molecular weight excluding hydrogens is 272 g/mol. The molecule has 1 amide bonds. The van der Waals surface area contributed by atoms with E-state index < -0.39 is 0 Å². The normalized spacial score (nSPS) is 22.3. The smallest absolute Gasteiger partial charge is 0.255 e. The van der Waals surface area contributed by atoms with E-state index in [4.69, 9.17) is 10.5 Å². The van der Waals surface area contributed by atoms with Crippen LogP contribution in [0.25, 0.3) is 0 Å². The number of amides is 1. The minimum atomic E-state index is -0.0964. The maximum absolute atomic E-state index is 12.4. The zero-order chi connectivity index (χ0) is 14.5. The number of carbonyl (C=O) groups excluding carboxylic acids is 1. The Morgan fingerprint density at radius 2 is 2.25 bits per heavy atom. The molecular formula is C15H22N2O2S. The second-order valence-electron chi connectivity index (χ2n) is 5.12. The highest BCUT2D eigenvalue weighted by molar-refractivity contribution is 7.99. The molecule has 0 radical (unpaired) electrons. The third-order valence-electron chi connectivity index (χ3n) is 3.79. The van der Waals surface area contributed by atoms with E-state index in [1.54, 1.807) is 18.2 Å². The van der Waals surface area contributed by atoms with E-state index in [1.165, 1.54) is 20.0 Å². The molecule has 0 aliphatic heterocycles. The number of nitrogens with two attached hydrogens (primary N) is 1. The number of thioether (sulfide) groups is 1. The van der Waals surface area contributed by atoms with E-state index in [0.29, 0.717) is 22.3 Å². The van der Waals surface area contributed by atoms with Gasteiger partial charge in [0.05, 0.1) is 18.4 Å². The lowest BCUT2D eigenvalue weighted by Gasteiger charge is -2.28. The van der Waals surface area contributed by atoms with E-state index >= 15 is 0 Å². The number of hydrogen-bond acceptors (Lipinski definition) is 4. The first-order valence-corrected chi connectivity index (χ1v) is 8.20. The molecule has 2 rings (SSSR count). The van der Waals surface area contributed by atoms with E-state index in [0.717, 1.165) is 12.8 Å². The molecule has 1 aromatic carbocycles. The van der Waals surface area contributed by atoms with Crippen LogP contribution in [0.5, 0.6) is 5.75 Å². The predicted octanol–water partition coefficient (Wildman–Crippen LogP) is 2.68. The molecule has 0 heterocycles. The van der Waals surface area contributed by atoms with Crippen molar-refractivity contribution >= 4 is 23.4 Å². The number of rotatable bonds is 4. The van der Waals surface area contributed by atoms with Gasteiger partial charge in [-0.1, -0.05) is 12.5 Å².